The third-order valence-electron chi connectivity index (χ3n) is 3.66. The molecule has 0 unspecified atom stereocenters. The van der Waals surface area contributed by atoms with Gasteiger partial charge in [-0.1, -0.05) is 40.2 Å². The van der Waals surface area contributed by atoms with Gasteiger partial charge in [0.25, 0.3) is 0 Å². The fraction of sp³-hybridized carbons (Fsp3) is 0.263. The van der Waals surface area contributed by atoms with Crippen LogP contribution in [0, 0.1) is 0 Å². The molecule has 0 aliphatic rings. The SMILES string of the molecule is CN(C)c1cccc(CNC(=O)CCC(=O)c2ccc(Br)cc2)c1. The van der Waals surface area contributed by atoms with Gasteiger partial charge in [-0.2, -0.15) is 0 Å². The molecule has 5 heteroatoms. The van der Waals surface area contributed by atoms with Crippen LogP contribution >= 0.6 is 15.9 Å². The van der Waals surface area contributed by atoms with E-state index in [4.69, 9.17) is 0 Å². The Morgan fingerprint density at radius 1 is 1.04 bits per heavy atom. The van der Waals surface area contributed by atoms with Crippen molar-refractivity contribution < 1.29 is 9.59 Å². The summed E-state index contributed by atoms with van der Waals surface area (Å²) in [6, 6.07) is 15.2. The molecule has 1 amide bonds. The summed E-state index contributed by atoms with van der Waals surface area (Å²) in [6.45, 7) is 0.465. The molecule has 0 fully saturated rings. The number of Topliss-reactive ketones (excluding diaryl/α,β-unsaturated/α-hetero) is 1. The predicted octanol–water partition coefficient (Wildman–Crippen LogP) is 3.79. The van der Waals surface area contributed by atoms with E-state index in [-0.39, 0.29) is 24.5 Å². The van der Waals surface area contributed by atoms with Gasteiger partial charge in [-0.25, -0.2) is 0 Å². The Morgan fingerprint density at radius 3 is 2.42 bits per heavy atom. The van der Waals surface area contributed by atoms with Crippen molar-refractivity contribution in [3.63, 3.8) is 0 Å². The molecular weight excluding hydrogens is 368 g/mol. The summed E-state index contributed by atoms with van der Waals surface area (Å²) in [6.07, 6.45) is 0.410. The number of nitrogens with zero attached hydrogens (tertiary/aromatic N) is 1. The van der Waals surface area contributed by atoms with E-state index in [1.807, 2.05) is 55.4 Å². The van der Waals surface area contributed by atoms with Crippen LogP contribution in [0.4, 0.5) is 5.69 Å². The van der Waals surface area contributed by atoms with Crippen molar-refractivity contribution in [2.45, 2.75) is 19.4 Å². The molecule has 0 aliphatic heterocycles. The number of hydrogen-bond acceptors (Lipinski definition) is 3. The fourth-order valence-electron chi connectivity index (χ4n) is 2.24. The summed E-state index contributed by atoms with van der Waals surface area (Å²) >= 11 is 3.33. The lowest BCUT2D eigenvalue weighted by atomic mass is 10.1. The summed E-state index contributed by atoms with van der Waals surface area (Å²) in [4.78, 5) is 26.0. The van der Waals surface area contributed by atoms with Crippen LogP contribution in [-0.2, 0) is 11.3 Å². The number of carbonyl (C=O) groups excluding carboxylic acids is 2. The van der Waals surface area contributed by atoms with Crippen LogP contribution in [0.3, 0.4) is 0 Å². The zero-order valence-electron chi connectivity index (χ0n) is 13.9. The Hall–Kier alpha value is -2.14. The average molecular weight is 389 g/mol. The van der Waals surface area contributed by atoms with E-state index in [1.54, 1.807) is 12.1 Å². The van der Waals surface area contributed by atoms with Crippen molar-refractivity contribution in [1.82, 2.24) is 5.32 Å². The van der Waals surface area contributed by atoms with Crippen molar-refractivity contribution in [2.75, 3.05) is 19.0 Å². The number of carbonyl (C=O) groups is 2. The molecule has 126 valence electrons. The molecule has 0 spiro atoms. The van der Waals surface area contributed by atoms with E-state index in [0.717, 1.165) is 15.7 Å². The van der Waals surface area contributed by atoms with Crippen molar-refractivity contribution >= 4 is 33.3 Å². The van der Waals surface area contributed by atoms with Crippen LogP contribution in [0.25, 0.3) is 0 Å². The van der Waals surface area contributed by atoms with Gasteiger partial charge in [0, 0.05) is 49.2 Å². The Morgan fingerprint density at radius 2 is 1.75 bits per heavy atom. The summed E-state index contributed by atoms with van der Waals surface area (Å²) in [5, 5.41) is 2.86. The van der Waals surface area contributed by atoms with Crippen LogP contribution in [0.5, 0.6) is 0 Å². The quantitative estimate of drug-likeness (QED) is 0.733. The van der Waals surface area contributed by atoms with Gasteiger partial charge in [-0.05, 0) is 29.8 Å². The van der Waals surface area contributed by atoms with Gasteiger partial charge in [0.15, 0.2) is 5.78 Å². The molecule has 0 radical (unpaired) electrons. The van der Waals surface area contributed by atoms with Gasteiger partial charge in [0.1, 0.15) is 0 Å². The number of benzene rings is 2. The highest BCUT2D eigenvalue weighted by Crippen LogP contribution is 2.14. The Balaban J connectivity index is 1.80. The monoisotopic (exact) mass is 388 g/mol. The zero-order valence-corrected chi connectivity index (χ0v) is 15.5. The molecule has 0 heterocycles. The molecule has 2 aromatic rings. The first-order chi connectivity index (χ1) is 11.5. The number of ketones is 1. The molecule has 0 atom stereocenters. The normalized spacial score (nSPS) is 10.3. The van der Waals surface area contributed by atoms with Gasteiger partial charge in [-0.15, -0.1) is 0 Å². The lowest BCUT2D eigenvalue weighted by Gasteiger charge is -2.13. The van der Waals surface area contributed by atoms with E-state index in [2.05, 4.69) is 21.2 Å². The Labute approximate surface area is 151 Å². The summed E-state index contributed by atoms with van der Waals surface area (Å²) in [5.74, 6) is -0.136. The molecule has 0 aliphatic carbocycles. The first-order valence-corrected chi connectivity index (χ1v) is 8.57. The lowest BCUT2D eigenvalue weighted by Crippen LogP contribution is -2.23. The number of anilines is 1. The van der Waals surface area contributed by atoms with E-state index in [9.17, 15) is 9.59 Å². The van der Waals surface area contributed by atoms with Crippen LogP contribution in [0.2, 0.25) is 0 Å². The fourth-order valence-corrected chi connectivity index (χ4v) is 2.51. The van der Waals surface area contributed by atoms with Crippen LogP contribution in [-0.4, -0.2) is 25.8 Å². The van der Waals surface area contributed by atoms with E-state index in [1.165, 1.54) is 0 Å². The van der Waals surface area contributed by atoms with Gasteiger partial charge in [0.05, 0.1) is 0 Å². The van der Waals surface area contributed by atoms with Crippen LogP contribution in [0.1, 0.15) is 28.8 Å². The van der Waals surface area contributed by atoms with E-state index >= 15 is 0 Å². The first-order valence-electron chi connectivity index (χ1n) is 7.77. The standard InChI is InChI=1S/C19H21BrN2O2/c1-22(2)17-5-3-4-14(12-17)13-21-19(24)11-10-18(23)15-6-8-16(20)9-7-15/h3-9,12H,10-11,13H2,1-2H3,(H,21,24). The molecule has 2 rings (SSSR count). The maximum absolute atomic E-state index is 12.1. The number of rotatable bonds is 7. The minimum absolute atomic E-state index is 0.0211. The topological polar surface area (TPSA) is 49.4 Å². The summed E-state index contributed by atoms with van der Waals surface area (Å²) < 4.78 is 0.928. The minimum atomic E-state index is -0.115. The van der Waals surface area contributed by atoms with Crippen molar-refractivity contribution in [3.05, 3.63) is 64.1 Å². The smallest absolute Gasteiger partial charge is 0.220 e. The van der Waals surface area contributed by atoms with Crippen LogP contribution in [0.15, 0.2) is 53.0 Å². The first kappa shape index (κ1) is 18.2. The van der Waals surface area contributed by atoms with Gasteiger partial charge >= 0.3 is 0 Å². The summed E-state index contributed by atoms with van der Waals surface area (Å²) in [7, 11) is 3.96. The average Bonchev–Trinajstić information content (AvgIpc) is 2.58. The molecule has 4 nitrogen and oxygen atoms in total. The highest BCUT2D eigenvalue weighted by atomic mass is 79.9. The maximum Gasteiger partial charge on any atom is 0.220 e. The van der Waals surface area contributed by atoms with Crippen LogP contribution < -0.4 is 10.2 Å². The lowest BCUT2D eigenvalue weighted by molar-refractivity contribution is -0.121. The molecule has 1 N–H and O–H groups in total. The zero-order chi connectivity index (χ0) is 17.5. The molecular formula is C19H21BrN2O2. The molecule has 0 saturated carbocycles. The minimum Gasteiger partial charge on any atom is -0.378 e. The second-order valence-corrected chi connectivity index (χ2v) is 6.69. The van der Waals surface area contributed by atoms with Crippen molar-refractivity contribution in [3.8, 4) is 0 Å². The van der Waals surface area contributed by atoms with Crippen molar-refractivity contribution in [2.24, 2.45) is 0 Å². The van der Waals surface area contributed by atoms with E-state index in [0.29, 0.717) is 12.1 Å². The number of hydrogen-bond donors (Lipinski definition) is 1. The van der Waals surface area contributed by atoms with Crippen molar-refractivity contribution in [1.29, 1.82) is 0 Å². The van der Waals surface area contributed by atoms with E-state index < -0.39 is 0 Å². The van der Waals surface area contributed by atoms with Gasteiger partial charge < -0.3 is 10.2 Å². The maximum atomic E-state index is 12.1. The number of halogens is 1. The molecule has 0 bridgehead atoms. The highest BCUT2D eigenvalue weighted by Gasteiger charge is 2.09. The predicted molar refractivity (Wildman–Crippen MR) is 100 cm³/mol. The Bertz CT molecular complexity index is 712. The molecule has 24 heavy (non-hydrogen) atoms. The molecule has 2 aromatic carbocycles. The third kappa shape index (κ3) is 5.49. The number of amides is 1. The van der Waals surface area contributed by atoms with Gasteiger partial charge in [0.2, 0.25) is 5.91 Å². The Kier molecular flexibility index (Phi) is 6.55. The summed E-state index contributed by atoms with van der Waals surface area (Å²) in [5.41, 5.74) is 2.76. The second kappa shape index (κ2) is 8.64. The largest absolute Gasteiger partial charge is 0.378 e. The number of nitrogens with one attached hydrogen (secondary N) is 1. The van der Waals surface area contributed by atoms with Gasteiger partial charge in [-0.3, -0.25) is 9.59 Å². The molecule has 0 saturated heterocycles. The molecule has 0 aromatic heterocycles. The second-order valence-electron chi connectivity index (χ2n) is 5.77. The highest BCUT2D eigenvalue weighted by molar-refractivity contribution is 9.10. The third-order valence-corrected chi connectivity index (χ3v) is 4.19.